The van der Waals surface area contributed by atoms with Gasteiger partial charge in [-0.05, 0) is 12.1 Å². The standard InChI is InChI=1S/C8H7ClO3/c9-6-3-1-2-4-7(6)12-5-8(10)11/h1-4H,5H2,(H,10,11)/p-1. The van der Waals surface area contributed by atoms with Crippen molar-refractivity contribution in [2.24, 2.45) is 0 Å². The van der Waals surface area contributed by atoms with Crippen molar-refractivity contribution in [1.29, 1.82) is 0 Å². The van der Waals surface area contributed by atoms with Gasteiger partial charge in [0.05, 0.1) is 11.0 Å². The second-order valence-corrected chi connectivity index (χ2v) is 2.50. The maximum absolute atomic E-state index is 10.0. The quantitative estimate of drug-likeness (QED) is 0.688. The molecule has 0 spiro atoms. The molecule has 12 heavy (non-hydrogen) atoms. The van der Waals surface area contributed by atoms with Crippen molar-refractivity contribution >= 4 is 17.6 Å². The third-order valence-corrected chi connectivity index (χ3v) is 1.49. The van der Waals surface area contributed by atoms with Crippen molar-refractivity contribution in [3.05, 3.63) is 29.3 Å². The Morgan fingerprint density at radius 1 is 1.50 bits per heavy atom. The number of hydrogen-bond acceptors (Lipinski definition) is 3. The number of carboxylic acid groups (broad SMARTS) is 1. The Balaban J connectivity index is 2.63. The van der Waals surface area contributed by atoms with E-state index in [0.29, 0.717) is 10.8 Å². The number of carboxylic acids is 1. The molecule has 0 amide bonds. The second kappa shape index (κ2) is 3.97. The fourth-order valence-corrected chi connectivity index (χ4v) is 0.889. The molecule has 0 aliphatic carbocycles. The summed E-state index contributed by atoms with van der Waals surface area (Å²) in [4.78, 5) is 10.0. The summed E-state index contributed by atoms with van der Waals surface area (Å²) in [6.45, 7) is -0.482. The average Bonchev–Trinajstić information content (AvgIpc) is 2.03. The first kappa shape index (κ1) is 8.87. The average molecular weight is 186 g/mol. The number of ether oxygens (including phenoxy) is 1. The van der Waals surface area contributed by atoms with Crippen molar-refractivity contribution in [3.63, 3.8) is 0 Å². The van der Waals surface area contributed by atoms with Crippen molar-refractivity contribution in [3.8, 4) is 5.75 Å². The van der Waals surface area contributed by atoms with E-state index in [4.69, 9.17) is 16.3 Å². The van der Waals surface area contributed by atoms with Gasteiger partial charge in [-0.25, -0.2) is 0 Å². The highest BCUT2D eigenvalue weighted by Crippen LogP contribution is 2.22. The Kier molecular flexibility index (Phi) is 2.94. The van der Waals surface area contributed by atoms with E-state index in [1.54, 1.807) is 24.3 Å². The fourth-order valence-electron chi connectivity index (χ4n) is 0.698. The highest BCUT2D eigenvalue weighted by Gasteiger charge is 1.98. The Bertz CT molecular complexity index is 285. The summed E-state index contributed by atoms with van der Waals surface area (Å²) < 4.78 is 4.80. The maximum atomic E-state index is 10.0. The molecule has 0 aromatic heterocycles. The Morgan fingerprint density at radius 3 is 2.75 bits per heavy atom. The minimum atomic E-state index is -1.27. The lowest BCUT2D eigenvalue weighted by Crippen LogP contribution is -2.28. The Hall–Kier alpha value is -1.22. The zero-order valence-corrected chi connectivity index (χ0v) is 6.88. The summed E-state index contributed by atoms with van der Waals surface area (Å²) in [5.74, 6) is -0.918. The van der Waals surface area contributed by atoms with Crippen molar-refractivity contribution in [2.45, 2.75) is 0 Å². The number of carbonyl (C=O) groups excluding carboxylic acids is 1. The molecule has 0 heterocycles. The summed E-state index contributed by atoms with van der Waals surface area (Å²) in [5.41, 5.74) is 0. The molecular formula is C8H6ClO3-. The lowest BCUT2D eigenvalue weighted by molar-refractivity contribution is -0.307. The van der Waals surface area contributed by atoms with Crippen molar-refractivity contribution in [1.82, 2.24) is 0 Å². The number of aliphatic carboxylic acids is 1. The van der Waals surface area contributed by atoms with Crippen LogP contribution in [0.2, 0.25) is 5.02 Å². The van der Waals surface area contributed by atoms with Crippen LogP contribution in [0.1, 0.15) is 0 Å². The first-order chi connectivity index (χ1) is 5.70. The molecule has 1 aromatic rings. The molecule has 0 aliphatic heterocycles. The SMILES string of the molecule is O=C([O-])COc1ccccc1Cl. The van der Waals surface area contributed by atoms with E-state index < -0.39 is 12.6 Å². The zero-order valence-electron chi connectivity index (χ0n) is 6.12. The molecule has 3 nitrogen and oxygen atoms in total. The number of benzene rings is 1. The van der Waals surface area contributed by atoms with E-state index in [0.717, 1.165) is 0 Å². The van der Waals surface area contributed by atoms with Gasteiger partial charge in [0.1, 0.15) is 12.4 Å². The predicted molar refractivity (Wildman–Crippen MR) is 42.0 cm³/mol. The summed E-state index contributed by atoms with van der Waals surface area (Å²) in [6, 6.07) is 6.64. The third kappa shape index (κ3) is 2.43. The van der Waals surface area contributed by atoms with E-state index in [1.807, 2.05) is 0 Å². The predicted octanol–water partition coefficient (Wildman–Crippen LogP) is 0.469. The van der Waals surface area contributed by atoms with Gasteiger partial charge in [-0.15, -0.1) is 0 Å². The van der Waals surface area contributed by atoms with Crippen molar-refractivity contribution < 1.29 is 14.6 Å². The molecule has 0 aliphatic rings. The smallest absolute Gasteiger partial charge is 0.138 e. The fraction of sp³-hybridized carbons (Fsp3) is 0.125. The molecule has 0 saturated heterocycles. The zero-order chi connectivity index (χ0) is 8.97. The molecule has 1 rings (SSSR count). The van der Waals surface area contributed by atoms with Crippen LogP contribution in [-0.4, -0.2) is 12.6 Å². The van der Waals surface area contributed by atoms with E-state index in [1.165, 1.54) is 0 Å². The summed E-state index contributed by atoms with van der Waals surface area (Å²) in [5, 5.41) is 10.4. The monoisotopic (exact) mass is 185 g/mol. The Labute approximate surface area is 74.5 Å². The molecule has 0 radical (unpaired) electrons. The molecule has 1 aromatic carbocycles. The van der Waals surface area contributed by atoms with Gasteiger partial charge in [-0.2, -0.15) is 0 Å². The lowest BCUT2D eigenvalue weighted by atomic mass is 10.3. The lowest BCUT2D eigenvalue weighted by Gasteiger charge is -2.07. The molecule has 64 valence electrons. The van der Waals surface area contributed by atoms with E-state index in [9.17, 15) is 9.90 Å². The van der Waals surface area contributed by atoms with Crippen LogP contribution in [-0.2, 0) is 4.79 Å². The van der Waals surface area contributed by atoms with Crippen LogP contribution < -0.4 is 9.84 Å². The van der Waals surface area contributed by atoms with Crippen LogP contribution in [0.3, 0.4) is 0 Å². The first-order valence-corrected chi connectivity index (χ1v) is 3.65. The minimum Gasteiger partial charge on any atom is -0.546 e. The van der Waals surface area contributed by atoms with E-state index in [2.05, 4.69) is 0 Å². The van der Waals surface area contributed by atoms with E-state index in [-0.39, 0.29) is 0 Å². The molecule has 0 unspecified atom stereocenters. The van der Waals surface area contributed by atoms with Crippen LogP contribution in [0.15, 0.2) is 24.3 Å². The molecule has 4 heteroatoms. The summed E-state index contributed by atoms with van der Waals surface area (Å²) in [6.07, 6.45) is 0. The van der Waals surface area contributed by atoms with Crippen LogP contribution in [0.25, 0.3) is 0 Å². The summed E-state index contributed by atoms with van der Waals surface area (Å²) in [7, 11) is 0. The van der Waals surface area contributed by atoms with Gasteiger partial charge in [0, 0.05) is 0 Å². The van der Waals surface area contributed by atoms with Gasteiger partial charge < -0.3 is 14.6 Å². The van der Waals surface area contributed by atoms with Gasteiger partial charge in [-0.3, -0.25) is 0 Å². The second-order valence-electron chi connectivity index (χ2n) is 2.09. The first-order valence-electron chi connectivity index (χ1n) is 3.27. The molecular weight excluding hydrogens is 180 g/mol. The maximum Gasteiger partial charge on any atom is 0.138 e. The number of halogens is 1. The topological polar surface area (TPSA) is 49.4 Å². The number of rotatable bonds is 3. The molecule has 0 N–H and O–H groups in total. The highest BCUT2D eigenvalue weighted by molar-refractivity contribution is 6.32. The van der Waals surface area contributed by atoms with Crippen LogP contribution in [0.5, 0.6) is 5.75 Å². The normalized spacial score (nSPS) is 9.42. The molecule has 0 atom stereocenters. The number of hydrogen-bond donors (Lipinski definition) is 0. The van der Waals surface area contributed by atoms with Gasteiger partial charge in [0.25, 0.3) is 0 Å². The van der Waals surface area contributed by atoms with Gasteiger partial charge in [0.15, 0.2) is 0 Å². The third-order valence-electron chi connectivity index (χ3n) is 1.18. The van der Waals surface area contributed by atoms with Gasteiger partial charge in [-0.1, -0.05) is 23.7 Å². The van der Waals surface area contributed by atoms with Crippen LogP contribution in [0, 0.1) is 0 Å². The Morgan fingerprint density at radius 2 is 2.17 bits per heavy atom. The van der Waals surface area contributed by atoms with E-state index >= 15 is 0 Å². The highest BCUT2D eigenvalue weighted by atomic mass is 35.5. The van der Waals surface area contributed by atoms with Crippen LogP contribution in [0.4, 0.5) is 0 Å². The van der Waals surface area contributed by atoms with Crippen LogP contribution >= 0.6 is 11.6 Å². The van der Waals surface area contributed by atoms with Crippen molar-refractivity contribution in [2.75, 3.05) is 6.61 Å². The minimum absolute atomic E-state index is 0.350. The molecule has 0 bridgehead atoms. The number of para-hydroxylation sites is 1. The largest absolute Gasteiger partial charge is 0.546 e. The summed E-state index contributed by atoms with van der Waals surface area (Å²) >= 11 is 5.67. The van der Waals surface area contributed by atoms with Gasteiger partial charge in [0.2, 0.25) is 0 Å². The number of carbonyl (C=O) groups is 1. The molecule has 0 saturated carbocycles. The molecule has 0 fully saturated rings. The van der Waals surface area contributed by atoms with Gasteiger partial charge >= 0.3 is 0 Å².